The molecule has 3 nitrogen and oxygen atoms in total. The second-order valence-electron chi connectivity index (χ2n) is 3.51. The van der Waals surface area contributed by atoms with Gasteiger partial charge in [-0.1, -0.05) is 13.0 Å². The number of hydrogen-bond acceptors (Lipinski definition) is 4. The molecule has 0 unspecified atom stereocenters. The molecule has 0 spiro atoms. The van der Waals surface area contributed by atoms with E-state index in [1.165, 1.54) is 5.01 Å². The Morgan fingerprint density at radius 2 is 2.12 bits per heavy atom. The predicted octanol–water partition coefficient (Wildman–Crippen LogP) is 2.39. The lowest BCUT2D eigenvalue weighted by atomic mass is 10.3. The van der Waals surface area contributed by atoms with Crippen LogP contribution in [-0.2, 0) is 19.5 Å². The summed E-state index contributed by atoms with van der Waals surface area (Å²) in [5, 5.41) is 6.66. The van der Waals surface area contributed by atoms with Gasteiger partial charge in [0.05, 0.1) is 16.4 Å². The van der Waals surface area contributed by atoms with Crippen LogP contribution in [0.1, 0.15) is 23.3 Å². The van der Waals surface area contributed by atoms with Crippen LogP contribution >= 0.6 is 11.3 Å². The van der Waals surface area contributed by atoms with Crippen molar-refractivity contribution in [2.24, 2.45) is 0 Å². The highest BCUT2D eigenvalue weighted by molar-refractivity contribution is 7.09. The summed E-state index contributed by atoms with van der Waals surface area (Å²) >= 11 is 1.73. The van der Waals surface area contributed by atoms with Gasteiger partial charge < -0.3 is 5.32 Å². The van der Waals surface area contributed by atoms with Crippen LogP contribution < -0.4 is 5.32 Å². The standard InChI is InChI=1S/C12H15N3S/c1-2-12-15-11(9-16-12)8-13-7-10-5-3-4-6-14-10/h3-6,9,13H,2,7-8H2,1H3. The van der Waals surface area contributed by atoms with Crippen LogP contribution in [0.25, 0.3) is 0 Å². The van der Waals surface area contributed by atoms with Crippen LogP contribution in [-0.4, -0.2) is 9.97 Å². The van der Waals surface area contributed by atoms with E-state index in [-0.39, 0.29) is 0 Å². The topological polar surface area (TPSA) is 37.8 Å². The van der Waals surface area contributed by atoms with E-state index < -0.39 is 0 Å². The molecule has 0 radical (unpaired) electrons. The van der Waals surface area contributed by atoms with Crippen LogP contribution in [0.5, 0.6) is 0 Å². The molecule has 2 heterocycles. The zero-order valence-electron chi connectivity index (χ0n) is 9.31. The number of hydrogen-bond donors (Lipinski definition) is 1. The molecule has 1 N–H and O–H groups in total. The predicted molar refractivity (Wildman–Crippen MR) is 66.3 cm³/mol. The molecule has 0 aromatic carbocycles. The SMILES string of the molecule is CCc1nc(CNCc2ccccn2)cs1. The molecule has 0 aliphatic heterocycles. The first kappa shape index (κ1) is 11.2. The molecular formula is C12H15N3S. The minimum absolute atomic E-state index is 0.791. The maximum atomic E-state index is 4.50. The Morgan fingerprint density at radius 3 is 2.81 bits per heavy atom. The van der Waals surface area contributed by atoms with Gasteiger partial charge in [0.1, 0.15) is 0 Å². The maximum Gasteiger partial charge on any atom is 0.0926 e. The van der Waals surface area contributed by atoms with Gasteiger partial charge in [0, 0.05) is 24.7 Å². The smallest absolute Gasteiger partial charge is 0.0926 e. The normalized spacial score (nSPS) is 10.6. The number of rotatable bonds is 5. The number of nitrogens with one attached hydrogen (secondary N) is 1. The second-order valence-corrected chi connectivity index (χ2v) is 4.45. The minimum atomic E-state index is 0.791. The average molecular weight is 233 g/mol. The zero-order chi connectivity index (χ0) is 11.2. The Hall–Kier alpha value is -1.26. The molecule has 0 aliphatic rings. The largest absolute Gasteiger partial charge is 0.305 e. The van der Waals surface area contributed by atoms with Crippen LogP contribution in [0.2, 0.25) is 0 Å². The Kier molecular flexibility index (Phi) is 4.02. The Labute approximate surface area is 99.6 Å². The molecule has 0 bridgehead atoms. The van der Waals surface area contributed by atoms with Gasteiger partial charge in [0.15, 0.2) is 0 Å². The summed E-state index contributed by atoms with van der Waals surface area (Å²) in [6.45, 7) is 3.73. The number of aromatic nitrogens is 2. The summed E-state index contributed by atoms with van der Waals surface area (Å²) in [5.74, 6) is 0. The van der Waals surface area contributed by atoms with Gasteiger partial charge in [0.2, 0.25) is 0 Å². The van der Waals surface area contributed by atoms with E-state index in [1.807, 2.05) is 24.4 Å². The number of aryl methyl sites for hydroxylation is 1. The van der Waals surface area contributed by atoms with E-state index in [4.69, 9.17) is 0 Å². The highest BCUT2D eigenvalue weighted by atomic mass is 32.1. The van der Waals surface area contributed by atoms with E-state index in [1.54, 1.807) is 11.3 Å². The molecule has 2 aromatic rings. The van der Waals surface area contributed by atoms with Crippen LogP contribution in [0, 0.1) is 0 Å². The van der Waals surface area contributed by atoms with Crippen molar-refractivity contribution in [2.45, 2.75) is 26.4 Å². The Morgan fingerprint density at radius 1 is 1.25 bits per heavy atom. The highest BCUT2D eigenvalue weighted by Crippen LogP contribution is 2.09. The van der Waals surface area contributed by atoms with E-state index in [9.17, 15) is 0 Å². The molecule has 2 rings (SSSR count). The van der Waals surface area contributed by atoms with Crippen molar-refractivity contribution < 1.29 is 0 Å². The van der Waals surface area contributed by atoms with E-state index in [0.717, 1.165) is 30.9 Å². The molecule has 0 saturated carbocycles. The van der Waals surface area contributed by atoms with E-state index in [2.05, 4.69) is 27.6 Å². The van der Waals surface area contributed by atoms with E-state index in [0.29, 0.717) is 0 Å². The Balaban J connectivity index is 1.80. The first-order valence-electron chi connectivity index (χ1n) is 5.42. The number of nitrogens with zero attached hydrogens (tertiary/aromatic N) is 2. The third-order valence-electron chi connectivity index (χ3n) is 2.24. The third-order valence-corrected chi connectivity index (χ3v) is 3.28. The van der Waals surface area contributed by atoms with Crippen LogP contribution in [0.4, 0.5) is 0 Å². The first-order valence-corrected chi connectivity index (χ1v) is 6.30. The summed E-state index contributed by atoms with van der Waals surface area (Å²) in [7, 11) is 0. The molecule has 0 amide bonds. The van der Waals surface area contributed by atoms with Gasteiger partial charge in [-0.25, -0.2) is 4.98 Å². The lowest BCUT2D eigenvalue weighted by molar-refractivity contribution is 0.668. The van der Waals surface area contributed by atoms with Crippen molar-refractivity contribution >= 4 is 11.3 Å². The van der Waals surface area contributed by atoms with Crippen molar-refractivity contribution in [3.8, 4) is 0 Å². The van der Waals surface area contributed by atoms with Gasteiger partial charge in [-0.3, -0.25) is 4.98 Å². The van der Waals surface area contributed by atoms with Crippen LogP contribution in [0.15, 0.2) is 29.8 Å². The van der Waals surface area contributed by atoms with Gasteiger partial charge >= 0.3 is 0 Å². The minimum Gasteiger partial charge on any atom is -0.305 e. The van der Waals surface area contributed by atoms with E-state index >= 15 is 0 Å². The summed E-state index contributed by atoms with van der Waals surface area (Å²) in [5.41, 5.74) is 2.19. The van der Waals surface area contributed by atoms with Crippen LogP contribution in [0.3, 0.4) is 0 Å². The quantitative estimate of drug-likeness (QED) is 0.861. The average Bonchev–Trinajstić information content (AvgIpc) is 2.78. The fourth-order valence-corrected chi connectivity index (χ4v) is 2.16. The second kappa shape index (κ2) is 5.72. The molecule has 0 aliphatic carbocycles. The monoisotopic (exact) mass is 233 g/mol. The highest BCUT2D eigenvalue weighted by Gasteiger charge is 1.99. The van der Waals surface area contributed by atoms with Crippen molar-refractivity contribution in [1.29, 1.82) is 0 Å². The zero-order valence-corrected chi connectivity index (χ0v) is 10.1. The van der Waals surface area contributed by atoms with Gasteiger partial charge in [-0.2, -0.15) is 0 Å². The lowest BCUT2D eigenvalue weighted by Crippen LogP contribution is -2.13. The first-order chi connectivity index (χ1) is 7.88. The molecule has 4 heteroatoms. The molecule has 84 valence electrons. The van der Waals surface area contributed by atoms with Crippen molar-refractivity contribution in [3.63, 3.8) is 0 Å². The van der Waals surface area contributed by atoms with Gasteiger partial charge in [-0.05, 0) is 18.6 Å². The summed E-state index contributed by atoms with van der Waals surface area (Å²) in [6.07, 6.45) is 2.83. The lowest BCUT2D eigenvalue weighted by Gasteiger charge is -2.01. The van der Waals surface area contributed by atoms with Gasteiger partial charge in [-0.15, -0.1) is 11.3 Å². The molecule has 16 heavy (non-hydrogen) atoms. The summed E-state index contributed by atoms with van der Waals surface area (Å²) < 4.78 is 0. The third kappa shape index (κ3) is 3.12. The fraction of sp³-hybridized carbons (Fsp3) is 0.333. The molecule has 0 saturated heterocycles. The number of pyridine rings is 1. The molecule has 0 fully saturated rings. The van der Waals surface area contributed by atoms with Crippen molar-refractivity contribution in [2.75, 3.05) is 0 Å². The molecule has 0 atom stereocenters. The fourth-order valence-electron chi connectivity index (χ4n) is 1.41. The molecular weight excluding hydrogens is 218 g/mol. The maximum absolute atomic E-state index is 4.50. The molecule has 2 aromatic heterocycles. The summed E-state index contributed by atoms with van der Waals surface area (Å²) in [4.78, 5) is 8.75. The Bertz CT molecular complexity index is 425. The summed E-state index contributed by atoms with van der Waals surface area (Å²) in [6, 6.07) is 5.95. The number of thiazole rings is 1. The van der Waals surface area contributed by atoms with Crippen molar-refractivity contribution in [1.82, 2.24) is 15.3 Å². The van der Waals surface area contributed by atoms with Crippen molar-refractivity contribution in [3.05, 3.63) is 46.2 Å². The van der Waals surface area contributed by atoms with Gasteiger partial charge in [0.25, 0.3) is 0 Å².